The van der Waals surface area contributed by atoms with Crippen LogP contribution in [0.1, 0.15) is 38.7 Å². The number of carboxylic acid groups (broad SMARTS) is 1. The van der Waals surface area contributed by atoms with Gasteiger partial charge in [0.15, 0.2) is 9.84 Å². The predicted octanol–water partition coefficient (Wildman–Crippen LogP) is 3.19. The summed E-state index contributed by atoms with van der Waals surface area (Å²) in [5.41, 5.74) is 0.870. The van der Waals surface area contributed by atoms with Gasteiger partial charge in [-0.1, -0.05) is 69.2 Å². The van der Waals surface area contributed by atoms with Gasteiger partial charge in [-0.2, -0.15) is 0 Å². The van der Waals surface area contributed by atoms with Crippen molar-refractivity contribution in [1.82, 2.24) is 5.32 Å². The van der Waals surface area contributed by atoms with E-state index in [2.05, 4.69) is 5.32 Å². The Bertz CT molecular complexity index is 949. The summed E-state index contributed by atoms with van der Waals surface area (Å²) in [5, 5.41) is 13.9. The van der Waals surface area contributed by atoms with Gasteiger partial charge in [0.1, 0.15) is 6.04 Å². The number of carbonyl (C=O) groups is 2. The molecule has 7 heteroatoms. The highest BCUT2D eigenvalue weighted by Crippen LogP contribution is 2.22. The maximum absolute atomic E-state index is 12.9. The quantitative estimate of drug-likeness (QED) is 0.583. The van der Waals surface area contributed by atoms with Crippen molar-refractivity contribution in [3.63, 3.8) is 0 Å². The largest absolute Gasteiger partial charge is 0.480 e. The van der Waals surface area contributed by atoms with Gasteiger partial charge in [-0.15, -0.1) is 0 Å². The lowest BCUT2D eigenvalue weighted by molar-refractivity contribution is -0.142. The van der Waals surface area contributed by atoms with Crippen LogP contribution in [0.15, 0.2) is 42.5 Å². The van der Waals surface area contributed by atoms with Crippen LogP contribution in [0.2, 0.25) is 0 Å². The second kappa shape index (κ2) is 10.4. The lowest BCUT2D eigenvalue weighted by Crippen LogP contribution is -2.45. The number of carboxylic acids is 1. The van der Waals surface area contributed by atoms with Crippen molar-refractivity contribution < 1.29 is 23.1 Å². The number of nitrogens with one attached hydrogen (secondary N) is 1. The molecule has 29 heavy (non-hydrogen) atoms. The number of amides is 1. The van der Waals surface area contributed by atoms with Crippen molar-refractivity contribution in [1.29, 1.82) is 0 Å². The molecule has 2 N–H and O–H groups in total. The number of rotatable bonds is 11. The van der Waals surface area contributed by atoms with Gasteiger partial charge in [0.2, 0.25) is 5.91 Å². The van der Waals surface area contributed by atoms with Crippen molar-refractivity contribution in [2.24, 2.45) is 5.92 Å². The fraction of sp³-hybridized carbons (Fsp3) is 0.455. The molecular weight excluding hydrogens is 390 g/mol. The Morgan fingerprint density at radius 3 is 2.41 bits per heavy atom. The van der Waals surface area contributed by atoms with Gasteiger partial charge in [-0.25, -0.2) is 13.2 Å². The molecule has 0 aliphatic heterocycles. The van der Waals surface area contributed by atoms with Crippen LogP contribution in [0.4, 0.5) is 0 Å². The van der Waals surface area contributed by atoms with E-state index in [9.17, 15) is 23.1 Å². The van der Waals surface area contributed by atoms with E-state index in [1.165, 1.54) is 0 Å². The molecule has 2 aromatic carbocycles. The molecular formula is C22H29NO5S. The number of hydrogen-bond acceptors (Lipinski definition) is 4. The van der Waals surface area contributed by atoms with Crippen molar-refractivity contribution in [2.75, 3.05) is 11.5 Å². The summed E-state index contributed by atoms with van der Waals surface area (Å²) in [6.07, 6.45) is 2.02. The van der Waals surface area contributed by atoms with Crippen molar-refractivity contribution in [2.45, 2.75) is 45.6 Å². The summed E-state index contributed by atoms with van der Waals surface area (Å²) >= 11 is 0. The SMILES string of the molecule is CCCC[C@H](NC(=O)C(Cc1cccc2ccccc12)CS(=O)(=O)CC)C(=O)O. The minimum Gasteiger partial charge on any atom is -0.480 e. The zero-order valence-corrected chi connectivity index (χ0v) is 17.7. The molecule has 0 fully saturated rings. The van der Waals surface area contributed by atoms with Crippen LogP contribution in [0, 0.1) is 5.92 Å². The first-order valence-corrected chi connectivity index (χ1v) is 11.8. The minimum atomic E-state index is -3.42. The van der Waals surface area contributed by atoms with E-state index in [1.54, 1.807) is 6.92 Å². The normalized spacial score (nSPS) is 13.7. The lowest BCUT2D eigenvalue weighted by Gasteiger charge is -2.21. The van der Waals surface area contributed by atoms with E-state index in [0.717, 1.165) is 22.8 Å². The Kier molecular flexibility index (Phi) is 8.20. The summed E-state index contributed by atoms with van der Waals surface area (Å²) in [4.78, 5) is 24.4. The Labute approximate surface area is 172 Å². The Morgan fingerprint density at radius 2 is 1.76 bits per heavy atom. The summed E-state index contributed by atoms with van der Waals surface area (Å²) in [6.45, 7) is 3.49. The molecule has 2 atom stereocenters. The van der Waals surface area contributed by atoms with Gasteiger partial charge in [-0.05, 0) is 29.2 Å². The third kappa shape index (κ3) is 6.56. The maximum atomic E-state index is 12.9. The van der Waals surface area contributed by atoms with Crippen molar-refractivity contribution >= 4 is 32.5 Å². The highest BCUT2D eigenvalue weighted by atomic mass is 32.2. The monoisotopic (exact) mass is 419 g/mol. The van der Waals surface area contributed by atoms with E-state index in [-0.39, 0.29) is 17.9 Å². The predicted molar refractivity (Wildman–Crippen MR) is 115 cm³/mol. The number of unbranched alkanes of at least 4 members (excludes halogenated alkanes) is 1. The average Bonchev–Trinajstić information content (AvgIpc) is 2.70. The van der Waals surface area contributed by atoms with Gasteiger partial charge in [0, 0.05) is 5.75 Å². The number of sulfone groups is 1. The number of fused-ring (bicyclic) bond motifs is 1. The van der Waals surface area contributed by atoms with Crippen molar-refractivity contribution in [3.05, 3.63) is 48.0 Å². The lowest BCUT2D eigenvalue weighted by atomic mass is 9.95. The van der Waals surface area contributed by atoms with Crippen LogP contribution in [-0.4, -0.2) is 42.9 Å². The molecule has 1 unspecified atom stereocenters. The van der Waals surface area contributed by atoms with Crippen LogP contribution >= 0.6 is 0 Å². The molecule has 2 rings (SSSR count). The van der Waals surface area contributed by atoms with E-state index >= 15 is 0 Å². The minimum absolute atomic E-state index is 0.0650. The van der Waals surface area contributed by atoms with Gasteiger partial charge in [0.25, 0.3) is 0 Å². The maximum Gasteiger partial charge on any atom is 0.326 e. The zero-order valence-electron chi connectivity index (χ0n) is 16.9. The first kappa shape index (κ1) is 22.9. The second-order valence-corrected chi connectivity index (χ2v) is 9.68. The summed E-state index contributed by atoms with van der Waals surface area (Å²) in [6, 6.07) is 12.4. The van der Waals surface area contributed by atoms with E-state index < -0.39 is 33.7 Å². The second-order valence-electron chi connectivity index (χ2n) is 7.28. The zero-order chi connectivity index (χ0) is 21.4. The Balaban J connectivity index is 2.31. The first-order valence-electron chi connectivity index (χ1n) is 9.97. The van der Waals surface area contributed by atoms with Gasteiger partial charge in [-0.3, -0.25) is 4.79 Å². The molecule has 158 valence electrons. The molecule has 0 saturated carbocycles. The van der Waals surface area contributed by atoms with Crippen molar-refractivity contribution in [3.8, 4) is 0 Å². The molecule has 2 aromatic rings. The molecule has 0 spiro atoms. The van der Waals surface area contributed by atoms with E-state index in [4.69, 9.17) is 0 Å². The molecule has 0 aromatic heterocycles. The third-order valence-electron chi connectivity index (χ3n) is 5.07. The highest BCUT2D eigenvalue weighted by molar-refractivity contribution is 7.91. The molecule has 0 aliphatic carbocycles. The van der Waals surface area contributed by atoms with Gasteiger partial charge in [0.05, 0.1) is 11.7 Å². The van der Waals surface area contributed by atoms with Crippen LogP contribution < -0.4 is 5.32 Å². The first-order chi connectivity index (χ1) is 13.8. The average molecular weight is 420 g/mol. The topological polar surface area (TPSA) is 101 Å². The summed E-state index contributed by atoms with van der Waals surface area (Å²) in [5.74, 6) is -2.86. The number of aliphatic carboxylic acids is 1. The van der Waals surface area contributed by atoms with Gasteiger partial charge < -0.3 is 10.4 Å². The molecule has 1 amide bonds. The molecule has 0 radical (unpaired) electrons. The molecule has 0 saturated heterocycles. The number of benzene rings is 2. The van der Waals surface area contributed by atoms with E-state index in [0.29, 0.717) is 12.8 Å². The summed E-state index contributed by atoms with van der Waals surface area (Å²) in [7, 11) is -3.42. The molecule has 0 aliphatic rings. The smallest absolute Gasteiger partial charge is 0.326 e. The van der Waals surface area contributed by atoms with Crippen LogP contribution in [0.25, 0.3) is 10.8 Å². The Morgan fingerprint density at radius 1 is 1.07 bits per heavy atom. The van der Waals surface area contributed by atoms with E-state index in [1.807, 2.05) is 49.4 Å². The standard InChI is InChI=1S/C22H29NO5S/c1-3-5-13-20(22(25)26)23-21(24)18(15-29(27,28)4-2)14-17-11-8-10-16-9-6-7-12-19(16)17/h6-12,18,20H,3-5,13-15H2,1-2H3,(H,23,24)(H,25,26)/t18?,20-/m0/s1. The third-order valence-corrected chi connectivity index (χ3v) is 6.86. The summed E-state index contributed by atoms with van der Waals surface area (Å²) < 4.78 is 24.5. The van der Waals surface area contributed by atoms with Gasteiger partial charge >= 0.3 is 5.97 Å². The molecule has 0 heterocycles. The highest BCUT2D eigenvalue weighted by Gasteiger charge is 2.29. The van der Waals surface area contributed by atoms with Crippen LogP contribution in [0.3, 0.4) is 0 Å². The molecule has 0 bridgehead atoms. The molecule has 6 nitrogen and oxygen atoms in total. The van der Waals surface area contributed by atoms with Crippen LogP contribution in [0.5, 0.6) is 0 Å². The fourth-order valence-electron chi connectivity index (χ4n) is 3.34. The Hall–Kier alpha value is -2.41. The van der Waals surface area contributed by atoms with Crippen LogP contribution in [-0.2, 0) is 25.8 Å². The number of hydrogen-bond donors (Lipinski definition) is 2. The fourth-order valence-corrected chi connectivity index (χ4v) is 4.46. The number of carbonyl (C=O) groups excluding carboxylic acids is 1.